The lowest BCUT2D eigenvalue weighted by atomic mass is 10.1. The summed E-state index contributed by atoms with van der Waals surface area (Å²) in [7, 11) is 0. The van der Waals surface area contributed by atoms with Gasteiger partial charge in [-0.15, -0.1) is 0 Å². The van der Waals surface area contributed by atoms with Crippen molar-refractivity contribution < 1.29 is 26.3 Å². The summed E-state index contributed by atoms with van der Waals surface area (Å²) < 4.78 is 75.3. The van der Waals surface area contributed by atoms with Gasteiger partial charge >= 0.3 is 12.4 Å². The molecule has 1 heterocycles. The maximum Gasteiger partial charge on any atom is 0.416 e. The van der Waals surface area contributed by atoms with Gasteiger partial charge in [0.15, 0.2) is 0 Å². The zero-order valence-corrected chi connectivity index (χ0v) is 20.3. The Labute approximate surface area is 207 Å². The monoisotopic (exact) mass is 604 g/mol. The van der Waals surface area contributed by atoms with Crippen LogP contribution in [0.25, 0.3) is 28.2 Å². The molecule has 0 aliphatic heterocycles. The van der Waals surface area contributed by atoms with Crippen LogP contribution < -0.4 is 5.73 Å². The molecule has 4 aromatic rings. The molecule has 1 aromatic heterocycles. The number of aromatic amines is 1. The van der Waals surface area contributed by atoms with Crippen molar-refractivity contribution in [3.8, 4) is 11.3 Å². The third-order valence-corrected chi connectivity index (χ3v) is 5.17. The molecule has 0 bridgehead atoms. The highest BCUT2D eigenvalue weighted by atomic mass is 79.9. The highest BCUT2D eigenvalue weighted by Crippen LogP contribution is 2.33. The van der Waals surface area contributed by atoms with E-state index in [1.54, 1.807) is 6.08 Å². The van der Waals surface area contributed by atoms with Crippen molar-refractivity contribution in [2.24, 2.45) is 0 Å². The van der Waals surface area contributed by atoms with E-state index < -0.39 is 23.5 Å². The van der Waals surface area contributed by atoms with Gasteiger partial charge in [0, 0.05) is 22.3 Å². The molecule has 0 atom stereocenters. The van der Waals surface area contributed by atoms with Crippen molar-refractivity contribution in [2.45, 2.75) is 12.4 Å². The number of hydrogen-bond donors (Lipinski definition) is 2. The number of benzene rings is 3. The first-order valence-electron chi connectivity index (χ1n) is 9.59. The Bertz CT molecular complexity index is 1300. The van der Waals surface area contributed by atoms with E-state index in [-0.39, 0.29) is 5.69 Å². The first kappa shape index (κ1) is 25.9. The Morgan fingerprint density at radius 3 is 1.91 bits per heavy atom. The Morgan fingerprint density at radius 2 is 1.35 bits per heavy atom. The number of nitrogen functional groups attached to an aromatic ring is 1. The standard InChI is InChI=1S/C15H10F3N.C9H6Br2F3N/c16-15(17,18)12-7-6-11-8-13(19-14(11)9-12)10-4-2-1-3-5-10;10-8(11)3-5-1-2-6(4-7(5)15)9(12,13)14/h1-9,19H;1-4H,15H2. The summed E-state index contributed by atoms with van der Waals surface area (Å²) in [6.45, 7) is 0. The summed E-state index contributed by atoms with van der Waals surface area (Å²) in [4.78, 5) is 3.02. The lowest BCUT2D eigenvalue weighted by Crippen LogP contribution is -2.05. The van der Waals surface area contributed by atoms with E-state index >= 15 is 0 Å². The van der Waals surface area contributed by atoms with Crippen molar-refractivity contribution in [3.05, 3.63) is 92.9 Å². The lowest BCUT2D eigenvalue weighted by molar-refractivity contribution is -0.138. The van der Waals surface area contributed by atoms with Crippen LogP contribution in [0.1, 0.15) is 16.7 Å². The molecule has 0 aliphatic rings. The van der Waals surface area contributed by atoms with Gasteiger partial charge in [-0.3, -0.25) is 0 Å². The predicted molar refractivity (Wildman–Crippen MR) is 130 cm³/mol. The van der Waals surface area contributed by atoms with E-state index in [2.05, 4.69) is 36.8 Å². The van der Waals surface area contributed by atoms with Gasteiger partial charge in [0.25, 0.3) is 0 Å². The molecule has 3 aromatic carbocycles. The van der Waals surface area contributed by atoms with Gasteiger partial charge in [-0.05, 0) is 79.4 Å². The van der Waals surface area contributed by atoms with E-state index in [4.69, 9.17) is 5.73 Å². The molecule has 0 spiro atoms. The van der Waals surface area contributed by atoms with Gasteiger partial charge in [-0.1, -0.05) is 42.5 Å². The first-order chi connectivity index (χ1) is 15.8. The highest BCUT2D eigenvalue weighted by molar-refractivity contribution is 9.28. The fraction of sp³-hybridized carbons (Fsp3) is 0.0833. The summed E-state index contributed by atoms with van der Waals surface area (Å²) in [5, 5.41) is 0.770. The summed E-state index contributed by atoms with van der Waals surface area (Å²) >= 11 is 6.21. The molecule has 0 amide bonds. The lowest BCUT2D eigenvalue weighted by Gasteiger charge is -2.08. The van der Waals surface area contributed by atoms with Gasteiger partial charge in [-0.2, -0.15) is 26.3 Å². The fourth-order valence-electron chi connectivity index (χ4n) is 3.08. The van der Waals surface area contributed by atoms with Crippen molar-refractivity contribution >= 4 is 54.5 Å². The van der Waals surface area contributed by atoms with Crippen LogP contribution in [0.5, 0.6) is 0 Å². The maximum absolute atomic E-state index is 12.6. The van der Waals surface area contributed by atoms with Gasteiger partial charge in [0.2, 0.25) is 0 Å². The van der Waals surface area contributed by atoms with E-state index in [9.17, 15) is 26.3 Å². The molecule has 0 radical (unpaired) electrons. The molecule has 34 heavy (non-hydrogen) atoms. The molecular formula is C24H16Br2F6N2. The van der Waals surface area contributed by atoms with Crippen LogP contribution in [-0.4, -0.2) is 4.98 Å². The van der Waals surface area contributed by atoms with Crippen LogP contribution in [0.2, 0.25) is 0 Å². The van der Waals surface area contributed by atoms with Crippen molar-refractivity contribution in [1.29, 1.82) is 0 Å². The number of H-pyrrole nitrogens is 1. The molecule has 10 heteroatoms. The molecule has 3 N–H and O–H groups in total. The summed E-state index contributed by atoms with van der Waals surface area (Å²) in [6.07, 6.45) is -7.09. The summed E-state index contributed by atoms with van der Waals surface area (Å²) in [5.74, 6) is 0. The SMILES string of the molecule is FC(F)(F)c1ccc2cc(-c3ccccc3)[nH]c2c1.Nc1cc(C(F)(F)F)ccc1C=C(Br)Br. The number of anilines is 1. The Kier molecular flexibility index (Phi) is 7.82. The number of alkyl halides is 6. The molecule has 0 unspecified atom stereocenters. The Morgan fingerprint density at radius 1 is 0.765 bits per heavy atom. The molecule has 0 aliphatic carbocycles. The number of nitrogens with two attached hydrogens (primary N) is 1. The largest absolute Gasteiger partial charge is 0.416 e. The number of aromatic nitrogens is 1. The van der Waals surface area contributed by atoms with E-state index in [1.807, 2.05) is 36.4 Å². The summed E-state index contributed by atoms with van der Waals surface area (Å²) in [5.41, 5.74) is 6.96. The van der Waals surface area contributed by atoms with Crippen LogP contribution in [0.3, 0.4) is 0 Å². The van der Waals surface area contributed by atoms with Gasteiger partial charge < -0.3 is 10.7 Å². The number of nitrogens with one attached hydrogen (secondary N) is 1. The molecular weight excluding hydrogens is 590 g/mol. The van der Waals surface area contributed by atoms with E-state index in [0.717, 1.165) is 40.9 Å². The number of fused-ring (bicyclic) bond motifs is 1. The van der Waals surface area contributed by atoms with Crippen molar-refractivity contribution in [1.82, 2.24) is 4.98 Å². The molecule has 4 rings (SSSR count). The molecule has 0 fully saturated rings. The van der Waals surface area contributed by atoms with Gasteiger partial charge in [-0.25, -0.2) is 0 Å². The van der Waals surface area contributed by atoms with Crippen LogP contribution in [0, 0.1) is 0 Å². The van der Waals surface area contributed by atoms with Crippen LogP contribution in [0.4, 0.5) is 32.0 Å². The molecule has 0 saturated carbocycles. The number of halogens is 8. The average molecular weight is 606 g/mol. The quantitative estimate of drug-likeness (QED) is 0.174. The topological polar surface area (TPSA) is 41.8 Å². The highest BCUT2D eigenvalue weighted by Gasteiger charge is 2.31. The third-order valence-electron chi connectivity index (χ3n) is 4.71. The normalized spacial score (nSPS) is 11.6. The first-order valence-corrected chi connectivity index (χ1v) is 11.2. The van der Waals surface area contributed by atoms with Gasteiger partial charge in [0.1, 0.15) is 0 Å². The zero-order chi connectivity index (χ0) is 25.1. The smallest absolute Gasteiger partial charge is 0.398 e. The average Bonchev–Trinajstić information content (AvgIpc) is 3.18. The van der Waals surface area contributed by atoms with Crippen LogP contribution >= 0.6 is 31.9 Å². The second-order valence-electron chi connectivity index (χ2n) is 7.12. The van der Waals surface area contributed by atoms with Crippen LogP contribution in [-0.2, 0) is 12.4 Å². The van der Waals surface area contributed by atoms with Crippen LogP contribution in [0.15, 0.2) is 76.2 Å². The number of rotatable bonds is 2. The van der Waals surface area contributed by atoms with E-state index in [1.165, 1.54) is 12.1 Å². The second kappa shape index (κ2) is 10.3. The summed E-state index contributed by atoms with van der Waals surface area (Å²) in [6, 6.07) is 18.3. The third kappa shape index (κ3) is 6.66. The predicted octanol–water partition coefficient (Wildman–Crippen LogP) is 9.23. The minimum absolute atomic E-state index is 0.0845. The van der Waals surface area contributed by atoms with Gasteiger partial charge in [0.05, 0.1) is 14.5 Å². The fourth-order valence-corrected chi connectivity index (χ4v) is 3.57. The zero-order valence-electron chi connectivity index (χ0n) is 17.1. The van der Waals surface area contributed by atoms with Crippen molar-refractivity contribution in [2.75, 3.05) is 5.73 Å². The molecule has 2 nitrogen and oxygen atoms in total. The minimum atomic E-state index is -4.36. The van der Waals surface area contributed by atoms with Crippen molar-refractivity contribution in [3.63, 3.8) is 0 Å². The maximum atomic E-state index is 12.6. The Hall–Kier alpha value is -2.72. The Balaban J connectivity index is 0.000000197. The van der Waals surface area contributed by atoms with E-state index in [0.29, 0.717) is 14.5 Å². The molecule has 0 saturated heterocycles. The minimum Gasteiger partial charge on any atom is -0.398 e. The molecule has 178 valence electrons. The second-order valence-corrected chi connectivity index (χ2v) is 9.90. The number of hydrogen-bond acceptors (Lipinski definition) is 1.